The molecule has 2 spiro atoms. The number of benzene rings is 1. The van der Waals surface area contributed by atoms with E-state index in [-0.39, 0.29) is 49.5 Å². The van der Waals surface area contributed by atoms with E-state index >= 15 is 0 Å². The van der Waals surface area contributed by atoms with E-state index in [1.807, 2.05) is 10.9 Å². The van der Waals surface area contributed by atoms with Crippen LogP contribution < -0.4 is 0 Å². The van der Waals surface area contributed by atoms with Crippen LogP contribution >= 0.6 is 0 Å². The molecule has 3 heterocycles. The number of aromatic nitrogens is 2. The first kappa shape index (κ1) is 28.3. The average Bonchev–Trinajstić information content (AvgIpc) is 3.78. The number of ether oxygens (including phenoxy) is 6. The quantitative estimate of drug-likeness (QED) is 0.496. The summed E-state index contributed by atoms with van der Waals surface area (Å²) < 4.78 is 53.0. The molecule has 0 bridgehead atoms. The van der Waals surface area contributed by atoms with Crippen molar-refractivity contribution in [2.75, 3.05) is 34.1 Å². The first-order valence-corrected chi connectivity index (χ1v) is 15.6. The van der Waals surface area contributed by atoms with Crippen molar-refractivity contribution in [2.24, 2.45) is 28.6 Å². The van der Waals surface area contributed by atoms with E-state index in [1.165, 1.54) is 17.2 Å². The molecule has 8 rings (SSSR count). The largest absolute Gasteiger partial charge is 0.392 e. The van der Waals surface area contributed by atoms with Gasteiger partial charge >= 0.3 is 0 Å². The summed E-state index contributed by atoms with van der Waals surface area (Å²) in [6.07, 6.45) is 9.89. The van der Waals surface area contributed by atoms with Crippen LogP contribution in [0.1, 0.15) is 62.8 Å². The fourth-order valence-electron chi connectivity index (χ4n) is 10.5. The summed E-state index contributed by atoms with van der Waals surface area (Å²) in [4.78, 5) is 0. The Balaban J connectivity index is 1.17. The minimum Gasteiger partial charge on any atom is -0.392 e. The predicted molar refractivity (Wildman–Crippen MR) is 152 cm³/mol. The van der Waals surface area contributed by atoms with Gasteiger partial charge in [-0.05, 0) is 91.5 Å². The molecule has 8 atom stereocenters. The van der Waals surface area contributed by atoms with Crippen molar-refractivity contribution in [3.8, 4) is 5.69 Å². The number of rotatable bonds is 5. The molecule has 2 aliphatic heterocycles. The van der Waals surface area contributed by atoms with Crippen molar-refractivity contribution >= 4 is 6.08 Å². The summed E-state index contributed by atoms with van der Waals surface area (Å²) >= 11 is 0. The number of hydrogen-bond donors (Lipinski definition) is 1. The molecular weight excluding hydrogens is 555 g/mol. The number of aliphatic hydroxyl groups is 1. The van der Waals surface area contributed by atoms with E-state index in [2.05, 4.69) is 19.9 Å². The van der Waals surface area contributed by atoms with Crippen LogP contribution in [0.2, 0.25) is 0 Å². The van der Waals surface area contributed by atoms with Crippen LogP contribution in [0.4, 0.5) is 4.39 Å². The molecule has 3 saturated carbocycles. The van der Waals surface area contributed by atoms with Crippen molar-refractivity contribution in [3.63, 3.8) is 0 Å². The summed E-state index contributed by atoms with van der Waals surface area (Å²) in [5.41, 5.74) is 3.72. The maximum absolute atomic E-state index is 14.2. The summed E-state index contributed by atoms with van der Waals surface area (Å²) in [7, 11) is 1.68. The zero-order chi connectivity index (χ0) is 29.6. The van der Waals surface area contributed by atoms with Crippen LogP contribution in [-0.2, 0) is 41.4 Å². The summed E-state index contributed by atoms with van der Waals surface area (Å²) in [6, 6.07) is 4.80. The molecular formula is C33H41FN2O7. The smallest absolute Gasteiger partial charge is 0.226 e. The van der Waals surface area contributed by atoms with Gasteiger partial charge in [-0.25, -0.2) is 9.07 Å². The SMILES string of the molecule is COCO[C@H]1C[C@@]2(C)[C@@H](CC[C@@]23OCOC32COCO2)[C@@H]2CCC3=Cc4c(cnn4-c4ccc(F)c(CO)c4)C[C@]3(C)[C@H]21. The lowest BCUT2D eigenvalue weighted by Crippen LogP contribution is -2.66. The molecule has 1 N–H and O–H groups in total. The predicted octanol–water partition coefficient (Wildman–Crippen LogP) is 4.73. The van der Waals surface area contributed by atoms with E-state index < -0.39 is 17.2 Å². The third kappa shape index (κ3) is 3.72. The first-order chi connectivity index (χ1) is 20.8. The van der Waals surface area contributed by atoms with Gasteiger partial charge in [-0.2, -0.15) is 5.10 Å². The Morgan fingerprint density at radius 2 is 2.02 bits per heavy atom. The molecule has 0 radical (unpaired) electrons. The second-order valence-corrected chi connectivity index (χ2v) is 13.9. The van der Waals surface area contributed by atoms with E-state index in [0.717, 1.165) is 49.9 Å². The molecule has 5 fully saturated rings. The molecule has 9 nitrogen and oxygen atoms in total. The van der Waals surface area contributed by atoms with Crippen LogP contribution in [0.25, 0.3) is 11.8 Å². The molecule has 0 amide bonds. The van der Waals surface area contributed by atoms with Crippen LogP contribution in [0, 0.1) is 34.4 Å². The Labute approximate surface area is 251 Å². The molecule has 10 heteroatoms. The number of nitrogens with zero attached hydrogens (tertiary/aromatic N) is 2. The minimum atomic E-state index is -0.872. The van der Waals surface area contributed by atoms with Crippen LogP contribution in [0.5, 0.6) is 0 Å². The number of fused-ring (bicyclic) bond motifs is 8. The van der Waals surface area contributed by atoms with Gasteiger partial charge in [0.25, 0.3) is 0 Å². The third-order valence-corrected chi connectivity index (χ3v) is 12.2. The Kier molecular flexibility index (Phi) is 6.52. The highest BCUT2D eigenvalue weighted by molar-refractivity contribution is 5.62. The molecule has 2 saturated heterocycles. The second-order valence-electron chi connectivity index (χ2n) is 13.9. The lowest BCUT2D eigenvalue weighted by Gasteiger charge is -2.62. The molecule has 2 aromatic rings. The summed E-state index contributed by atoms with van der Waals surface area (Å²) in [6.45, 7) is 5.50. The zero-order valence-corrected chi connectivity index (χ0v) is 25.1. The lowest BCUT2D eigenvalue weighted by molar-refractivity contribution is -0.264. The Hall–Kier alpha value is -2.18. The molecule has 232 valence electrons. The molecule has 1 aromatic heterocycles. The maximum atomic E-state index is 14.2. The first-order valence-electron chi connectivity index (χ1n) is 15.6. The van der Waals surface area contributed by atoms with E-state index in [9.17, 15) is 9.50 Å². The number of halogens is 1. The highest BCUT2D eigenvalue weighted by atomic mass is 19.1. The van der Waals surface area contributed by atoms with Gasteiger partial charge in [0.1, 0.15) is 24.8 Å². The second kappa shape index (κ2) is 9.91. The average molecular weight is 597 g/mol. The van der Waals surface area contributed by atoms with Crippen molar-refractivity contribution in [2.45, 2.75) is 76.5 Å². The van der Waals surface area contributed by atoms with E-state index in [0.29, 0.717) is 24.4 Å². The van der Waals surface area contributed by atoms with Crippen molar-refractivity contribution in [1.82, 2.24) is 9.78 Å². The molecule has 1 aromatic carbocycles. The van der Waals surface area contributed by atoms with Gasteiger partial charge in [-0.1, -0.05) is 19.4 Å². The van der Waals surface area contributed by atoms with E-state index in [4.69, 9.17) is 33.5 Å². The maximum Gasteiger partial charge on any atom is 0.226 e. The van der Waals surface area contributed by atoms with Gasteiger partial charge in [0, 0.05) is 18.1 Å². The van der Waals surface area contributed by atoms with Gasteiger partial charge in [0.15, 0.2) is 13.6 Å². The summed E-state index contributed by atoms with van der Waals surface area (Å²) in [5.74, 6) is -0.126. The Morgan fingerprint density at radius 3 is 2.81 bits per heavy atom. The van der Waals surface area contributed by atoms with Crippen molar-refractivity contribution < 1.29 is 37.9 Å². The van der Waals surface area contributed by atoms with Gasteiger partial charge in [0.05, 0.1) is 30.3 Å². The van der Waals surface area contributed by atoms with Gasteiger partial charge in [-0.3, -0.25) is 0 Å². The number of hydrogen-bond acceptors (Lipinski definition) is 8. The lowest BCUT2D eigenvalue weighted by atomic mass is 9.45. The topological polar surface area (TPSA) is 93.4 Å². The standard InChI is InChI=1S/C33H41FN2O7/c1-30-12-21-14-35-36(23-5-7-26(34)20(10-23)15-37)27(21)11-22(30)4-6-24-25-8-9-32(33(43-19-41-32)16-39-18-42-33)31(25,2)13-28(29(24)30)40-17-38-3/h5,7,10-11,14,24-25,28-29,37H,4,6,8-9,12-13,15-19H2,1-3H3/t24-,25-,28-,29+,30-,31-,32+,33?/m0/s1. The van der Waals surface area contributed by atoms with Crippen molar-refractivity contribution in [3.05, 3.63) is 52.6 Å². The number of methoxy groups -OCH3 is 1. The van der Waals surface area contributed by atoms with Crippen LogP contribution in [0.3, 0.4) is 0 Å². The van der Waals surface area contributed by atoms with Crippen molar-refractivity contribution in [1.29, 1.82) is 0 Å². The van der Waals surface area contributed by atoms with Gasteiger partial charge < -0.3 is 33.5 Å². The van der Waals surface area contributed by atoms with E-state index in [1.54, 1.807) is 19.2 Å². The molecule has 4 aliphatic carbocycles. The molecule has 1 unspecified atom stereocenters. The normalized spacial score (nSPS) is 41.3. The fourth-order valence-corrected chi connectivity index (χ4v) is 10.5. The molecule has 43 heavy (non-hydrogen) atoms. The fraction of sp³-hybridized carbons (Fsp3) is 0.667. The number of aliphatic hydroxyl groups excluding tert-OH is 1. The van der Waals surface area contributed by atoms with Gasteiger partial charge in [-0.15, -0.1) is 0 Å². The molecule has 6 aliphatic rings. The van der Waals surface area contributed by atoms with Crippen LogP contribution in [-0.4, -0.2) is 66.5 Å². The third-order valence-electron chi connectivity index (χ3n) is 12.2. The zero-order valence-electron chi connectivity index (χ0n) is 25.1. The Bertz CT molecular complexity index is 1450. The number of allylic oxidation sites excluding steroid dienone is 1. The van der Waals surface area contributed by atoms with Gasteiger partial charge in [0.2, 0.25) is 5.79 Å². The summed E-state index contributed by atoms with van der Waals surface area (Å²) in [5, 5.41) is 14.4. The van der Waals surface area contributed by atoms with Crippen LogP contribution in [0.15, 0.2) is 30.0 Å². The monoisotopic (exact) mass is 596 g/mol. The highest BCUT2D eigenvalue weighted by Gasteiger charge is 2.77. The minimum absolute atomic E-state index is 0.0424. The Morgan fingerprint density at radius 1 is 1.16 bits per heavy atom. The highest BCUT2D eigenvalue weighted by Crippen LogP contribution is 2.72.